The minimum Gasteiger partial charge on any atom is -0.408 e. The molecule has 2 amide bonds. The van der Waals surface area contributed by atoms with Crippen LogP contribution in [0.5, 0.6) is 0 Å². The monoisotopic (exact) mass is 409 g/mol. The smallest absolute Gasteiger partial charge is 0.408 e. The number of rotatable bonds is 5. The van der Waals surface area contributed by atoms with Gasteiger partial charge in [-0.25, -0.2) is 4.79 Å². The van der Waals surface area contributed by atoms with Crippen molar-refractivity contribution in [2.75, 3.05) is 18.4 Å². The van der Waals surface area contributed by atoms with Crippen molar-refractivity contribution in [1.29, 1.82) is 0 Å². The van der Waals surface area contributed by atoms with E-state index in [2.05, 4.69) is 5.32 Å². The maximum absolute atomic E-state index is 12.4. The largest absolute Gasteiger partial charge is 0.420 e. The highest BCUT2D eigenvalue weighted by atomic mass is 16.4. The first-order valence-corrected chi connectivity index (χ1v) is 9.92. The maximum Gasteiger partial charge on any atom is 0.420 e. The van der Waals surface area contributed by atoms with E-state index >= 15 is 0 Å². The molecule has 4 rings (SSSR count). The van der Waals surface area contributed by atoms with Crippen LogP contribution in [0.4, 0.5) is 5.69 Å². The lowest BCUT2D eigenvalue weighted by molar-refractivity contribution is -0.132. The summed E-state index contributed by atoms with van der Waals surface area (Å²) in [5.74, 6) is -0.894. The second-order valence-corrected chi connectivity index (χ2v) is 7.46. The predicted octanol–water partition coefficient (Wildman–Crippen LogP) is 1.76. The lowest BCUT2D eigenvalue weighted by Gasteiger charge is -2.29. The van der Waals surface area contributed by atoms with Crippen molar-refractivity contribution < 1.29 is 19.1 Å². The molecule has 0 radical (unpaired) electrons. The molecule has 8 nitrogen and oxygen atoms in total. The van der Waals surface area contributed by atoms with E-state index in [0.29, 0.717) is 42.7 Å². The van der Waals surface area contributed by atoms with E-state index < -0.39 is 5.76 Å². The number of aliphatic hydroxyl groups is 1. The quantitative estimate of drug-likeness (QED) is 0.668. The summed E-state index contributed by atoms with van der Waals surface area (Å²) in [6.07, 6.45) is 1.20. The molecule has 8 heteroatoms. The van der Waals surface area contributed by atoms with Gasteiger partial charge in [0, 0.05) is 18.8 Å². The average molecular weight is 409 g/mol. The molecule has 3 aromatic rings. The summed E-state index contributed by atoms with van der Waals surface area (Å²) in [4.78, 5) is 38.5. The van der Waals surface area contributed by atoms with Crippen LogP contribution in [0.15, 0.2) is 57.7 Å². The second-order valence-electron chi connectivity index (χ2n) is 7.46. The van der Waals surface area contributed by atoms with Crippen molar-refractivity contribution in [3.05, 3.63) is 64.6 Å². The average Bonchev–Trinajstić information content (AvgIpc) is 3.05. The van der Waals surface area contributed by atoms with Gasteiger partial charge in [0.05, 0.1) is 18.0 Å². The van der Waals surface area contributed by atoms with Crippen LogP contribution in [-0.4, -0.2) is 45.6 Å². The van der Waals surface area contributed by atoms with Gasteiger partial charge in [0.15, 0.2) is 5.58 Å². The number of carbonyl (C=O) groups excluding carboxylic acids is 2. The minimum atomic E-state index is -0.578. The molecule has 1 aliphatic rings. The number of aromatic nitrogens is 1. The highest BCUT2D eigenvalue weighted by Crippen LogP contribution is 2.15. The molecule has 1 fully saturated rings. The van der Waals surface area contributed by atoms with E-state index in [-0.39, 0.29) is 30.9 Å². The number of carbonyl (C=O) groups is 2. The fourth-order valence-electron chi connectivity index (χ4n) is 3.62. The zero-order valence-electron chi connectivity index (χ0n) is 16.4. The summed E-state index contributed by atoms with van der Waals surface area (Å²) in [6.45, 7) is 1.00. The lowest BCUT2D eigenvalue weighted by atomic mass is 10.1. The van der Waals surface area contributed by atoms with E-state index in [1.807, 2.05) is 0 Å². The van der Waals surface area contributed by atoms with E-state index in [9.17, 15) is 19.5 Å². The van der Waals surface area contributed by atoms with E-state index in [4.69, 9.17) is 4.42 Å². The molecule has 0 bridgehead atoms. The van der Waals surface area contributed by atoms with E-state index in [0.717, 1.165) is 5.56 Å². The molecule has 1 aromatic heterocycles. The van der Waals surface area contributed by atoms with Crippen molar-refractivity contribution in [2.45, 2.75) is 31.9 Å². The van der Waals surface area contributed by atoms with Crippen LogP contribution in [0.2, 0.25) is 0 Å². The molecule has 1 aliphatic heterocycles. The molecule has 0 aliphatic carbocycles. The van der Waals surface area contributed by atoms with Crippen molar-refractivity contribution in [1.82, 2.24) is 9.47 Å². The molecular formula is C22H23N3O5. The third-order valence-corrected chi connectivity index (χ3v) is 5.29. The zero-order chi connectivity index (χ0) is 21.1. The molecular weight excluding hydrogens is 386 g/mol. The number of amides is 2. The fourth-order valence-corrected chi connectivity index (χ4v) is 3.62. The molecule has 0 saturated carbocycles. The summed E-state index contributed by atoms with van der Waals surface area (Å²) < 4.78 is 6.42. The molecule has 0 spiro atoms. The molecule has 1 saturated heterocycles. The predicted molar refractivity (Wildman–Crippen MR) is 111 cm³/mol. The number of nitrogens with one attached hydrogen (secondary N) is 1. The number of nitrogens with zero attached hydrogens (tertiary/aromatic N) is 2. The Bertz CT molecular complexity index is 1110. The molecule has 0 atom stereocenters. The Morgan fingerprint density at radius 2 is 1.77 bits per heavy atom. The minimum absolute atomic E-state index is 0.0323. The van der Waals surface area contributed by atoms with Crippen LogP contribution in [0, 0.1) is 0 Å². The molecule has 2 aromatic carbocycles. The summed E-state index contributed by atoms with van der Waals surface area (Å²) >= 11 is 0. The number of piperidine rings is 1. The normalized spacial score (nSPS) is 14.8. The Hall–Kier alpha value is -3.39. The lowest BCUT2D eigenvalue weighted by Crippen LogP contribution is -2.40. The Morgan fingerprint density at radius 3 is 2.50 bits per heavy atom. The molecule has 2 heterocycles. The Labute approximate surface area is 172 Å². The molecule has 0 unspecified atom stereocenters. The van der Waals surface area contributed by atoms with Gasteiger partial charge in [-0.1, -0.05) is 24.3 Å². The number of hydrogen-bond acceptors (Lipinski definition) is 5. The van der Waals surface area contributed by atoms with Gasteiger partial charge < -0.3 is 19.7 Å². The fraction of sp³-hybridized carbons (Fsp3) is 0.318. The summed E-state index contributed by atoms with van der Waals surface area (Å²) in [7, 11) is 0. The Balaban J connectivity index is 1.35. The molecule has 30 heavy (non-hydrogen) atoms. The van der Waals surface area contributed by atoms with Crippen LogP contribution in [-0.2, 0) is 22.6 Å². The van der Waals surface area contributed by atoms with Crippen LogP contribution in [0.25, 0.3) is 11.1 Å². The third-order valence-electron chi connectivity index (χ3n) is 5.29. The first kappa shape index (κ1) is 19.9. The van der Waals surface area contributed by atoms with Gasteiger partial charge in [-0.15, -0.1) is 0 Å². The number of fused-ring (bicyclic) bond motifs is 1. The number of aliphatic hydroxyl groups excluding tert-OH is 1. The van der Waals surface area contributed by atoms with Gasteiger partial charge in [0.25, 0.3) is 0 Å². The number of oxazole rings is 1. The standard InChI is InChI=1S/C22H23N3O5/c26-17-9-11-24(12-10-17)21(28)13-15-5-7-16(8-6-15)23-20(27)14-25-18-3-1-2-4-19(18)30-22(25)29/h1-8,17,26H,9-14H2,(H,23,27). The zero-order valence-corrected chi connectivity index (χ0v) is 16.4. The highest BCUT2D eigenvalue weighted by molar-refractivity contribution is 5.91. The second kappa shape index (κ2) is 8.54. The topological polar surface area (TPSA) is 105 Å². The number of anilines is 1. The maximum atomic E-state index is 12.4. The van der Waals surface area contributed by atoms with Gasteiger partial charge >= 0.3 is 5.76 Å². The van der Waals surface area contributed by atoms with Crippen molar-refractivity contribution in [2.24, 2.45) is 0 Å². The van der Waals surface area contributed by atoms with Crippen LogP contribution in [0.1, 0.15) is 18.4 Å². The van der Waals surface area contributed by atoms with Crippen molar-refractivity contribution >= 4 is 28.6 Å². The summed E-state index contributed by atoms with van der Waals surface area (Å²) in [5.41, 5.74) is 2.43. The van der Waals surface area contributed by atoms with Gasteiger partial charge in [-0.05, 0) is 42.7 Å². The Morgan fingerprint density at radius 1 is 1.07 bits per heavy atom. The first-order chi connectivity index (χ1) is 14.5. The summed E-state index contributed by atoms with van der Waals surface area (Å²) in [6, 6.07) is 14.0. The van der Waals surface area contributed by atoms with Crippen LogP contribution in [0.3, 0.4) is 0 Å². The van der Waals surface area contributed by atoms with Gasteiger partial charge in [-0.3, -0.25) is 14.2 Å². The molecule has 2 N–H and O–H groups in total. The van der Waals surface area contributed by atoms with Crippen molar-refractivity contribution in [3.63, 3.8) is 0 Å². The van der Waals surface area contributed by atoms with Crippen LogP contribution >= 0.6 is 0 Å². The SMILES string of the molecule is O=C(Cn1c(=O)oc2ccccc21)Nc1ccc(CC(=O)N2CCC(O)CC2)cc1. The number of likely N-dealkylation sites (tertiary alicyclic amines) is 1. The molecule has 156 valence electrons. The highest BCUT2D eigenvalue weighted by Gasteiger charge is 2.21. The van der Waals surface area contributed by atoms with Gasteiger partial charge in [0.2, 0.25) is 11.8 Å². The van der Waals surface area contributed by atoms with Crippen LogP contribution < -0.4 is 11.1 Å². The van der Waals surface area contributed by atoms with E-state index in [1.54, 1.807) is 53.4 Å². The number of para-hydroxylation sites is 2. The van der Waals surface area contributed by atoms with Gasteiger partial charge in [0.1, 0.15) is 6.54 Å². The van der Waals surface area contributed by atoms with Crippen molar-refractivity contribution in [3.8, 4) is 0 Å². The first-order valence-electron chi connectivity index (χ1n) is 9.92. The Kier molecular flexibility index (Phi) is 5.67. The van der Waals surface area contributed by atoms with E-state index in [1.165, 1.54) is 4.57 Å². The number of hydrogen-bond donors (Lipinski definition) is 2. The summed E-state index contributed by atoms with van der Waals surface area (Å²) in [5, 5.41) is 12.3. The third kappa shape index (κ3) is 4.44. The number of benzene rings is 2. The van der Waals surface area contributed by atoms with Gasteiger partial charge in [-0.2, -0.15) is 0 Å².